The molecule has 1 N–H and O–H groups in total. The number of nitrogens with one attached hydrogen (secondary N) is 1. The number of carbonyl (C=O) groups is 1. The van der Waals surface area contributed by atoms with Crippen molar-refractivity contribution in [1.82, 2.24) is 9.62 Å². The Kier molecular flexibility index (Phi) is 7.13. The second kappa shape index (κ2) is 8.87. The van der Waals surface area contributed by atoms with E-state index in [1.54, 1.807) is 24.3 Å². The number of carbonyl (C=O) groups excluding carboxylic acids is 1. The van der Waals surface area contributed by atoms with Gasteiger partial charge in [-0.1, -0.05) is 30.5 Å². The molecule has 0 spiro atoms. The molecule has 0 unspecified atom stereocenters. The van der Waals surface area contributed by atoms with E-state index >= 15 is 0 Å². The van der Waals surface area contributed by atoms with Crippen LogP contribution in [0.25, 0.3) is 0 Å². The fourth-order valence-electron chi connectivity index (χ4n) is 2.70. The molecule has 2 rings (SSSR count). The lowest BCUT2D eigenvalue weighted by Crippen LogP contribution is -2.39. The molecule has 1 aliphatic carbocycles. The van der Waals surface area contributed by atoms with Crippen LogP contribution in [0, 0.1) is 6.92 Å². The number of hydrogen-bond acceptors (Lipinski definition) is 4. The first-order valence-electron chi connectivity index (χ1n) is 8.31. The Labute approximate surface area is 149 Å². The third-order valence-electron chi connectivity index (χ3n) is 4.18. The maximum Gasteiger partial charge on any atom is 0.243 e. The summed E-state index contributed by atoms with van der Waals surface area (Å²) in [5.74, 6) is 0.616. The zero-order chi connectivity index (χ0) is 17.6. The zero-order valence-corrected chi connectivity index (χ0v) is 16.0. The molecule has 0 saturated heterocycles. The smallest absolute Gasteiger partial charge is 0.243 e. The molecule has 1 aliphatic rings. The van der Waals surface area contributed by atoms with Crippen LogP contribution in [0.5, 0.6) is 0 Å². The molecule has 0 heterocycles. The maximum absolute atomic E-state index is 12.4. The lowest BCUT2D eigenvalue weighted by Gasteiger charge is -2.17. The first kappa shape index (κ1) is 19.3. The highest BCUT2D eigenvalue weighted by Crippen LogP contribution is 2.28. The minimum Gasteiger partial charge on any atom is -0.354 e. The summed E-state index contributed by atoms with van der Waals surface area (Å²) in [5.41, 5.74) is 0.995. The summed E-state index contributed by atoms with van der Waals surface area (Å²) >= 11 is 1.90. The van der Waals surface area contributed by atoms with Gasteiger partial charge in [-0.2, -0.15) is 16.1 Å². The summed E-state index contributed by atoms with van der Waals surface area (Å²) in [6.07, 6.45) is 5.17. The van der Waals surface area contributed by atoms with Crippen LogP contribution in [0.15, 0.2) is 29.2 Å². The molecule has 134 valence electrons. The van der Waals surface area contributed by atoms with Crippen molar-refractivity contribution < 1.29 is 13.2 Å². The van der Waals surface area contributed by atoms with Gasteiger partial charge < -0.3 is 5.32 Å². The fraction of sp³-hybridized carbons (Fsp3) is 0.588. The van der Waals surface area contributed by atoms with E-state index in [-0.39, 0.29) is 17.3 Å². The summed E-state index contributed by atoms with van der Waals surface area (Å²) in [4.78, 5) is 12.2. The number of aryl methyl sites for hydroxylation is 1. The molecule has 24 heavy (non-hydrogen) atoms. The molecule has 7 heteroatoms. The monoisotopic (exact) mass is 370 g/mol. The van der Waals surface area contributed by atoms with E-state index in [2.05, 4.69) is 5.32 Å². The molecular weight excluding hydrogens is 344 g/mol. The van der Waals surface area contributed by atoms with Crippen molar-refractivity contribution in [3.63, 3.8) is 0 Å². The molecule has 0 atom stereocenters. The molecule has 1 aromatic rings. The number of benzene rings is 1. The van der Waals surface area contributed by atoms with Gasteiger partial charge in [0, 0.05) is 24.6 Å². The summed E-state index contributed by atoms with van der Waals surface area (Å²) in [5, 5.41) is 3.53. The standard InChI is InChI=1S/C17H26N2O3S2/c1-14-7-9-16(10-8-14)24(21,22)19(2)13-17(20)18-11-12-23-15-5-3-4-6-15/h7-10,15H,3-6,11-13H2,1-2H3,(H,18,20). The van der Waals surface area contributed by atoms with Crippen LogP contribution in [0.2, 0.25) is 0 Å². The summed E-state index contributed by atoms with van der Waals surface area (Å²) in [6.45, 7) is 2.32. The predicted octanol–water partition coefficient (Wildman–Crippen LogP) is 2.41. The van der Waals surface area contributed by atoms with Crippen molar-refractivity contribution in [2.75, 3.05) is 25.9 Å². The van der Waals surface area contributed by atoms with Gasteiger partial charge in [0.15, 0.2) is 0 Å². The molecular formula is C17H26N2O3S2. The van der Waals surface area contributed by atoms with Crippen LogP contribution in [0.4, 0.5) is 0 Å². The minimum atomic E-state index is -3.63. The number of sulfonamides is 1. The number of likely N-dealkylation sites (N-methyl/N-ethyl adjacent to an activating group) is 1. The van der Waals surface area contributed by atoms with Crippen LogP contribution in [-0.2, 0) is 14.8 Å². The summed E-state index contributed by atoms with van der Waals surface area (Å²) in [7, 11) is -2.19. The predicted molar refractivity (Wildman–Crippen MR) is 98.7 cm³/mol. The van der Waals surface area contributed by atoms with Crippen molar-refractivity contribution in [2.45, 2.75) is 42.8 Å². The molecule has 1 amide bonds. The number of hydrogen-bond donors (Lipinski definition) is 1. The van der Waals surface area contributed by atoms with Crippen molar-refractivity contribution in [3.05, 3.63) is 29.8 Å². The zero-order valence-electron chi connectivity index (χ0n) is 14.3. The van der Waals surface area contributed by atoms with Crippen LogP contribution in [0.3, 0.4) is 0 Å². The van der Waals surface area contributed by atoms with E-state index in [0.717, 1.165) is 20.9 Å². The van der Waals surface area contributed by atoms with Crippen LogP contribution in [-0.4, -0.2) is 49.8 Å². The van der Waals surface area contributed by atoms with Crippen molar-refractivity contribution in [2.24, 2.45) is 0 Å². The highest BCUT2D eigenvalue weighted by molar-refractivity contribution is 7.99. The van der Waals surface area contributed by atoms with Gasteiger partial charge in [0.25, 0.3) is 0 Å². The molecule has 1 saturated carbocycles. The number of rotatable bonds is 8. The third kappa shape index (κ3) is 5.50. The van der Waals surface area contributed by atoms with Crippen LogP contribution in [0.1, 0.15) is 31.2 Å². The molecule has 1 fully saturated rings. The highest BCUT2D eigenvalue weighted by Gasteiger charge is 2.22. The number of nitrogens with zero attached hydrogens (tertiary/aromatic N) is 1. The van der Waals surface area contributed by atoms with Crippen molar-refractivity contribution in [3.8, 4) is 0 Å². The lowest BCUT2D eigenvalue weighted by molar-refractivity contribution is -0.121. The number of thioether (sulfide) groups is 1. The minimum absolute atomic E-state index is 0.162. The van der Waals surface area contributed by atoms with E-state index < -0.39 is 10.0 Å². The molecule has 0 aliphatic heterocycles. The van der Waals surface area contributed by atoms with Gasteiger partial charge in [0.05, 0.1) is 11.4 Å². The first-order valence-corrected chi connectivity index (χ1v) is 10.8. The van der Waals surface area contributed by atoms with E-state index in [1.807, 2.05) is 18.7 Å². The topological polar surface area (TPSA) is 66.5 Å². The Hall–Kier alpha value is -1.05. The Balaban J connectivity index is 1.76. The van der Waals surface area contributed by atoms with E-state index in [0.29, 0.717) is 6.54 Å². The highest BCUT2D eigenvalue weighted by atomic mass is 32.2. The van der Waals surface area contributed by atoms with Gasteiger partial charge in [0.2, 0.25) is 15.9 Å². The largest absolute Gasteiger partial charge is 0.354 e. The van der Waals surface area contributed by atoms with Crippen molar-refractivity contribution in [1.29, 1.82) is 0 Å². The normalized spacial score (nSPS) is 15.8. The van der Waals surface area contributed by atoms with E-state index in [4.69, 9.17) is 0 Å². The van der Waals surface area contributed by atoms with E-state index in [9.17, 15) is 13.2 Å². The van der Waals surface area contributed by atoms with Gasteiger partial charge in [-0.15, -0.1) is 0 Å². The average Bonchev–Trinajstić information content (AvgIpc) is 3.05. The Morgan fingerprint density at radius 1 is 1.25 bits per heavy atom. The molecule has 0 radical (unpaired) electrons. The van der Waals surface area contributed by atoms with Gasteiger partial charge in [-0.05, 0) is 31.9 Å². The maximum atomic E-state index is 12.4. The van der Waals surface area contributed by atoms with Gasteiger partial charge >= 0.3 is 0 Å². The Bertz CT molecular complexity index is 638. The van der Waals surface area contributed by atoms with Gasteiger partial charge in [0.1, 0.15) is 0 Å². The molecule has 1 aromatic carbocycles. The van der Waals surface area contributed by atoms with Gasteiger partial charge in [-0.3, -0.25) is 4.79 Å². The number of amides is 1. The Morgan fingerprint density at radius 3 is 2.50 bits per heavy atom. The molecule has 5 nitrogen and oxygen atoms in total. The quantitative estimate of drug-likeness (QED) is 0.714. The Morgan fingerprint density at radius 2 is 1.88 bits per heavy atom. The van der Waals surface area contributed by atoms with Gasteiger partial charge in [-0.25, -0.2) is 8.42 Å². The molecule has 0 bridgehead atoms. The van der Waals surface area contributed by atoms with Crippen molar-refractivity contribution >= 4 is 27.7 Å². The average molecular weight is 371 g/mol. The lowest BCUT2D eigenvalue weighted by atomic mass is 10.2. The first-order chi connectivity index (χ1) is 11.4. The summed E-state index contributed by atoms with van der Waals surface area (Å²) < 4.78 is 25.9. The fourth-order valence-corrected chi connectivity index (χ4v) is 5.05. The molecule has 0 aromatic heterocycles. The van der Waals surface area contributed by atoms with Crippen LogP contribution < -0.4 is 5.32 Å². The SMILES string of the molecule is Cc1ccc(S(=O)(=O)N(C)CC(=O)NCCSC2CCCC2)cc1. The third-order valence-corrected chi connectivity index (χ3v) is 7.38. The summed E-state index contributed by atoms with van der Waals surface area (Å²) in [6, 6.07) is 6.64. The second-order valence-electron chi connectivity index (χ2n) is 6.20. The van der Waals surface area contributed by atoms with Crippen LogP contribution >= 0.6 is 11.8 Å². The second-order valence-corrected chi connectivity index (χ2v) is 9.65. The van der Waals surface area contributed by atoms with E-state index in [1.165, 1.54) is 32.7 Å².